The topological polar surface area (TPSA) is 89.5 Å². The van der Waals surface area contributed by atoms with Crippen molar-refractivity contribution in [1.82, 2.24) is 5.32 Å². The van der Waals surface area contributed by atoms with Crippen molar-refractivity contribution in [3.05, 3.63) is 0 Å². The minimum Gasteiger partial charge on any atom is -0.469 e. The van der Waals surface area contributed by atoms with E-state index in [0.29, 0.717) is 6.54 Å². The zero-order valence-electron chi connectivity index (χ0n) is 12.6. The Hall–Kier alpha value is -1.11. The summed E-state index contributed by atoms with van der Waals surface area (Å²) in [6, 6.07) is 0. The third-order valence-corrected chi connectivity index (χ3v) is 5.67. The molecule has 0 rings (SSSR count). The van der Waals surface area contributed by atoms with Gasteiger partial charge < -0.3 is 10.1 Å². The van der Waals surface area contributed by atoms with E-state index in [9.17, 15) is 18.0 Å². The van der Waals surface area contributed by atoms with Crippen molar-refractivity contribution >= 4 is 21.7 Å². The smallest absolute Gasteiger partial charge is 0.306 e. The Morgan fingerprint density at radius 3 is 2.30 bits per heavy atom. The first-order valence-electron chi connectivity index (χ1n) is 6.84. The lowest BCUT2D eigenvalue weighted by Gasteiger charge is -2.17. The Bertz CT molecular complexity index is 418. The third kappa shape index (κ3) is 5.90. The first kappa shape index (κ1) is 18.9. The first-order chi connectivity index (χ1) is 9.27. The molecule has 0 aromatic carbocycles. The summed E-state index contributed by atoms with van der Waals surface area (Å²) in [5.41, 5.74) is 0. The van der Waals surface area contributed by atoms with Crippen LogP contribution in [0.3, 0.4) is 0 Å². The van der Waals surface area contributed by atoms with Gasteiger partial charge in [-0.2, -0.15) is 0 Å². The van der Waals surface area contributed by atoms with Crippen LogP contribution in [0.4, 0.5) is 0 Å². The number of methoxy groups -OCH3 is 1. The van der Waals surface area contributed by atoms with Crippen molar-refractivity contribution in [2.75, 3.05) is 13.7 Å². The van der Waals surface area contributed by atoms with E-state index in [1.807, 2.05) is 6.92 Å². The maximum Gasteiger partial charge on any atom is 0.306 e. The zero-order valence-corrected chi connectivity index (χ0v) is 13.5. The average Bonchev–Trinajstić information content (AvgIpc) is 2.41. The largest absolute Gasteiger partial charge is 0.469 e. The number of sulfone groups is 1. The second kappa shape index (κ2) is 8.94. The highest BCUT2D eigenvalue weighted by Crippen LogP contribution is 2.13. The maximum atomic E-state index is 12.1. The van der Waals surface area contributed by atoms with E-state index in [1.165, 1.54) is 21.0 Å². The molecule has 118 valence electrons. The number of esters is 1. The van der Waals surface area contributed by atoms with Crippen LogP contribution in [-0.4, -0.2) is 44.4 Å². The van der Waals surface area contributed by atoms with Crippen LogP contribution >= 0.6 is 0 Å². The molecule has 0 aliphatic carbocycles. The summed E-state index contributed by atoms with van der Waals surface area (Å²) in [5.74, 6) is -1.12. The molecule has 1 amide bonds. The predicted molar refractivity (Wildman–Crippen MR) is 77.0 cm³/mol. The third-order valence-electron chi connectivity index (χ3n) is 3.18. The number of carbonyl (C=O) groups excluding carboxylic acids is 2. The van der Waals surface area contributed by atoms with Crippen molar-refractivity contribution in [2.45, 2.75) is 57.0 Å². The monoisotopic (exact) mass is 307 g/mol. The van der Waals surface area contributed by atoms with E-state index in [-0.39, 0.29) is 6.42 Å². The lowest BCUT2D eigenvalue weighted by molar-refractivity contribution is -0.140. The fourth-order valence-electron chi connectivity index (χ4n) is 1.66. The fourth-order valence-corrected chi connectivity index (χ4v) is 3.11. The molecule has 0 saturated heterocycles. The van der Waals surface area contributed by atoms with Crippen LogP contribution in [0.25, 0.3) is 0 Å². The van der Waals surface area contributed by atoms with Gasteiger partial charge in [-0.1, -0.05) is 19.8 Å². The molecule has 0 aromatic rings. The highest BCUT2D eigenvalue weighted by molar-refractivity contribution is 7.93. The number of rotatable bonds is 9. The number of amides is 1. The van der Waals surface area contributed by atoms with E-state index in [4.69, 9.17) is 0 Å². The number of unbranched alkanes of at least 4 members (excludes halogenated alkanes) is 2. The molecule has 2 unspecified atom stereocenters. The zero-order chi connectivity index (χ0) is 15.8. The summed E-state index contributed by atoms with van der Waals surface area (Å²) in [6.45, 7) is 5.27. The van der Waals surface area contributed by atoms with Crippen LogP contribution in [0.1, 0.15) is 46.5 Å². The first-order valence-corrected chi connectivity index (χ1v) is 8.45. The van der Waals surface area contributed by atoms with Gasteiger partial charge >= 0.3 is 5.97 Å². The second-order valence-electron chi connectivity index (χ2n) is 4.82. The Kier molecular flexibility index (Phi) is 8.45. The van der Waals surface area contributed by atoms with E-state index in [2.05, 4.69) is 10.1 Å². The Morgan fingerprint density at radius 2 is 1.80 bits per heavy atom. The van der Waals surface area contributed by atoms with E-state index in [1.54, 1.807) is 0 Å². The maximum absolute atomic E-state index is 12.1. The molecule has 0 saturated carbocycles. The second-order valence-corrected chi connectivity index (χ2v) is 7.51. The van der Waals surface area contributed by atoms with Gasteiger partial charge in [-0.15, -0.1) is 0 Å². The molecule has 0 aromatic heterocycles. The molecule has 0 heterocycles. The Labute approximate surface area is 121 Å². The lowest BCUT2D eigenvalue weighted by Crippen LogP contribution is -2.42. The van der Waals surface area contributed by atoms with E-state index >= 15 is 0 Å². The molecule has 20 heavy (non-hydrogen) atoms. The van der Waals surface area contributed by atoms with Gasteiger partial charge in [0.05, 0.1) is 18.8 Å². The minimum atomic E-state index is -3.70. The molecule has 2 atom stereocenters. The quantitative estimate of drug-likeness (QED) is 0.508. The summed E-state index contributed by atoms with van der Waals surface area (Å²) >= 11 is 0. The van der Waals surface area contributed by atoms with Gasteiger partial charge in [0.15, 0.2) is 9.84 Å². The normalized spacial score (nSPS) is 14.4. The van der Waals surface area contributed by atoms with Crippen LogP contribution in [0, 0.1) is 0 Å². The summed E-state index contributed by atoms with van der Waals surface area (Å²) in [6.07, 6.45) is 2.60. The lowest BCUT2D eigenvalue weighted by atomic mass is 10.2. The Morgan fingerprint density at radius 1 is 1.20 bits per heavy atom. The van der Waals surface area contributed by atoms with Gasteiger partial charge in [-0.3, -0.25) is 9.59 Å². The molecule has 6 nitrogen and oxygen atoms in total. The van der Waals surface area contributed by atoms with Gasteiger partial charge in [-0.25, -0.2) is 8.42 Å². The number of nitrogens with one attached hydrogen (secondary N) is 1. The van der Waals surface area contributed by atoms with Gasteiger partial charge in [0.25, 0.3) is 0 Å². The summed E-state index contributed by atoms with van der Waals surface area (Å²) in [7, 11) is -2.50. The molecule has 1 N–H and O–H groups in total. The summed E-state index contributed by atoms with van der Waals surface area (Å²) in [4.78, 5) is 22.9. The van der Waals surface area contributed by atoms with Crippen molar-refractivity contribution in [3.63, 3.8) is 0 Å². The van der Waals surface area contributed by atoms with Crippen molar-refractivity contribution in [1.29, 1.82) is 0 Å². The van der Waals surface area contributed by atoms with Crippen LogP contribution in [0.15, 0.2) is 0 Å². The SMILES string of the molecule is CCCCCNC(=O)C(C)S(=O)(=O)C(C)CC(=O)OC. The van der Waals surface area contributed by atoms with Gasteiger partial charge in [-0.05, 0) is 20.3 Å². The average molecular weight is 307 g/mol. The van der Waals surface area contributed by atoms with Crippen molar-refractivity contribution in [3.8, 4) is 0 Å². The van der Waals surface area contributed by atoms with Crippen molar-refractivity contribution in [2.24, 2.45) is 0 Å². The minimum absolute atomic E-state index is 0.244. The number of hydrogen-bond donors (Lipinski definition) is 1. The molecule has 0 aliphatic heterocycles. The molecular formula is C13H25NO5S. The van der Waals surface area contributed by atoms with Crippen LogP contribution in [-0.2, 0) is 24.2 Å². The van der Waals surface area contributed by atoms with E-state index in [0.717, 1.165) is 19.3 Å². The standard InChI is InChI=1S/C13H25NO5S/c1-5-6-7-8-14-13(16)11(3)20(17,18)10(2)9-12(15)19-4/h10-11H,5-9H2,1-4H3,(H,14,16). The number of ether oxygens (including phenoxy) is 1. The van der Waals surface area contributed by atoms with Crippen molar-refractivity contribution < 1.29 is 22.7 Å². The molecule has 0 fully saturated rings. The predicted octanol–water partition coefficient (Wildman–Crippen LogP) is 1.05. The summed E-state index contributed by atoms with van der Waals surface area (Å²) in [5, 5.41) is 0.510. The van der Waals surface area contributed by atoms with Gasteiger partial charge in [0.1, 0.15) is 5.25 Å². The highest BCUT2D eigenvalue weighted by atomic mass is 32.2. The number of hydrogen-bond acceptors (Lipinski definition) is 5. The summed E-state index contributed by atoms with van der Waals surface area (Å²) < 4.78 is 28.7. The fraction of sp³-hybridized carbons (Fsp3) is 0.846. The molecular weight excluding hydrogens is 282 g/mol. The molecule has 0 spiro atoms. The molecule has 0 radical (unpaired) electrons. The van der Waals surface area contributed by atoms with Gasteiger partial charge in [0.2, 0.25) is 5.91 Å². The van der Waals surface area contributed by atoms with Crippen LogP contribution in [0.2, 0.25) is 0 Å². The molecule has 7 heteroatoms. The van der Waals surface area contributed by atoms with E-state index < -0.39 is 32.2 Å². The van der Waals surface area contributed by atoms with Gasteiger partial charge in [0, 0.05) is 6.54 Å². The highest BCUT2D eigenvalue weighted by Gasteiger charge is 2.34. The number of carbonyl (C=O) groups is 2. The molecule has 0 aliphatic rings. The van der Waals surface area contributed by atoms with Crippen LogP contribution < -0.4 is 5.32 Å². The molecule has 0 bridgehead atoms. The van der Waals surface area contributed by atoms with Crippen LogP contribution in [0.5, 0.6) is 0 Å². The Balaban J connectivity index is 4.52.